The van der Waals surface area contributed by atoms with Gasteiger partial charge in [-0.25, -0.2) is 0 Å². The van der Waals surface area contributed by atoms with Gasteiger partial charge in [0, 0.05) is 12.6 Å². The zero-order chi connectivity index (χ0) is 18.3. The zero-order valence-corrected chi connectivity index (χ0v) is 15.4. The molecular formula is C25H29N. The monoisotopic (exact) mass is 343 g/mol. The molecule has 1 heteroatoms. The van der Waals surface area contributed by atoms with Crippen molar-refractivity contribution in [2.45, 2.75) is 25.3 Å². The second kappa shape index (κ2) is 12.7. The summed E-state index contributed by atoms with van der Waals surface area (Å²) in [6, 6.07) is 23.0. The van der Waals surface area contributed by atoms with Crippen LogP contribution in [0.25, 0.3) is 5.57 Å². The fourth-order valence-corrected chi connectivity index (χ4v) is 2.67. The fourth-order valence-electron chi connectivity index (χ4n) is 2.67. The van der Waals surface area contributed by atoms with E-state index in [1.54, 1.807) is 0 Å². The van der Waals surface area contributed by atoms with Crippen molar-refractivity contribution in [2.24, 2.45) is 0 Å². The molecule has 0 heterocycles. The van der Waals surface area contributed by atoms with Crippen molar-refractivity contribution in [1.29, 1.82) is 0 Å². The summed E-state index contributed by atoms with van der Waals surface area (Å²) < 4.78 is 0. The molecule has 0 aliphatic heterocycles. The highest BCUT2D eigenvalue weighted by Gasteiger charge is 2.08. The second-order valence-electron chi connectivity index (χ2n) is 6.13. The van der Waals surface area contributed by atoms with E-state index in [1.807, 2.05) is 42.5 Å². The van der Waals surface area contributed by atoms with E-state index in [0.717, 1.165) is 25.8 Å². The summed E-state index contributed by atoms with van der Waals surface area (Å²) in [5.41, 5.74) is 2.60. The molecule has 0 spiro atoms. The molecule has 0 saturated heterocycles. The van der Waals surface area contributed by atoms with E-state index in [2.05, 4.69) is 72.6 Å². The van der Waals surface area contributed by atoms with E-state index >= 15 is 0 Å². The van der Waals surface area contributed by atoms with Gasteiger partial charge in [-0.3, -0.25) is 0 Å². The van der Waals surface area contributed by atoms with Gasteiger partial charge in [-0.05, 0) is 30.4 Å². The van der Waals surface area contributed by atoms with E-state index in [0.29, 0.717) is 6.04 Å². The molecule has 134 valence electrons. The molecule has 0 fully saturated rings. The predicted octanol–water partition coefficient (Wildman–Crippen LogP) is 6.20. The highest BCUT2D eigenvalue weighted by atomic mass is 14.9. The normalized spacial score (nSPS) is 15.8. The first-order valence-corrected chi connectivity index (χ1v) is 9.33. The van der Waals surface area contributed by atoms with Gasteiger partial charge in [0.05, 0.1) is 0 Å². The summed E-state index contributed by atoms with van der Waals surface area (Å²) in [4.78, 5) is 0. The third-order valence-corrected chi connectivity index (χ3v) is 4.04. The molecule has 0 bridgehead atoms. The molecule has 3 rings (SSSR count). The lowest BCUT2D eigenvalue weighted by Gasteiger charge is -2.17. The van der Waals surface area contributed by atoms with Crippen molar-refractivity contribution in [2.75, 3.05) is 6.54 Å². The molecule has 26 heavy (non-hydrogen) atoms. The molecule has 1 aliphatic carbocycles. The van der Waals surface area contributed by atoms with Crippen LogP contribution in [0.4, 0.5) is 0 Å². The second-order valence-corrected chi connectivity index (χ2v) is 6.13. The minimum atomic E-state index is 0.430. The van der Waals surface area contributed by atoms with Crippen molar-refractivity contribution in [3.05, 3.63) is 115 Å². The maximum Gasteiger partial charge on any atom is 0.0296 e. The topological polar surface area (TPSA) is 12.0 Å². The van der Waals surface area contributed by atoms with Crippen molar-refractivity contribution in [3.8, 4) is 0 Å². The standard InChI is InChI=1S/C19H23N.C6H6/c1-2-3-4-5-9-15-20-19-14-10-13-18(16-19)17-11-7-6-8-12-17;1-2-4-6-5-3-1/h2,5-13,16,19-20H,1,3-4,14-15H2;1-6H/b9-5-;. The Morgan fingerprint density at radius 3 is 2.19 bits per heavy atom. The van der Waals surface area contributed by atoms with Crippen LogP contribution in [0.2, 0.25) is 0 Å². The van der Waals surface area contributed by atoms with Crippen LogP contribution >= 0.6 is 0 Å². The first-order valence-electron chi connectivity index (χ1n) is 9.33. The number of nitrogens with one attached hydrogen (secondary N) is 1. The number of benzene rings is 2. The molecule has 1 unspecified atom stereocenters. The zero-order valence-electron chi connectivity index (χ0n) is 15.4. The van der Waals surface area contributed by atoms with Crippen molar-refractivity contribution < 1.29 is 0 Å². The molecule has 0 saturated carbocycles. The lowest BCUT2D eigenvalue weighted by molar-refractivity contribution is 0.638. The summed E-state index contributed by atoms with van der Waals surface area (Å²) in [7, 11) is 0. The van der Waals surface area contributed by atoms with Crippen LogP contribution in [0.1, 0.15) is 24.8 Å². The van der Waals surface area contributed by atoms with Crippen LogP contribution in [0.15, 0.2) is 110 Å². The van der Waals surface area contributed by atoms with Crippen LogP contribution in [0, 0.1) is 0 Å². The van der Waals surface area contributed by atoms with E-state index in [4.69, 9.17) is 0 Å². The van der Waals surface area contributed by atoms with Crippen molar-refractivity contribution in [3.63, 3.8) is 0 Å². The third-order valence-electron chi connectivity index (χ3n) is 4.04. The largest absolute Gasteiger partial charge is 0.307 e. The molecule has 2 aromatic rings. The van der Waals surface area contributed by atoms with Crippen LogP contribution < -0.4 is 5.32 Å². The smallest absolute Gasteiger partial charge is 0.0296 e. The van der Waals surface area contributed by atoms with Crippen LogP contribution in [-0.4, -0.2) is 12.6 Å². The Bertz CT molecular complexity index is 669. The number of hydrogen-bond donors (Lipinski definition) is 1. The SMILES string of the molecule is C=CCC/C=C\CNC1C=C(c2ccccc2)C=CC1.c1ccccc1. The summed E-state index contributed by atoms with van der Waals surface area (Å²) >= 11 is 0. The van der Waals surface area contributed by atoms with Crippen molar-refractivity contribution in [1.82, 2.24) is 5.32 Å². The Kier molecular flexibility index (Phi) is 9.60. The predicted molar refractivity (Wildman–Crippen MR) is 115 cm³/mol. The molecule has 1 nitrogen and oxygen atoms in total. The van der Waals surface area contributed by atoms with Gasteiger partial charge < -0.3 is 5.32 Å². The Balaban J connectivity index is 0.000000342. The summed E-state index contributed by atoms with van der Waals surface area (Å²) in [6.07, 6.45) is 16.4. The average Bonchev–Trinajstić information content (AvgIpc) is 2.73. The van der Waals surface area contributed by atoms with E-state index < -0.39 is 0 Å². The van der Waals surface area contributed by atoms with Crippen LogP contribution in [-0.2, 0) is 0 Å². The highest BCUT2D eigenvalue weighted by molar-refractivity contribution is 5.75. The summed E-state index contributed by atoms with van der Waals surface area (Å²) in [5.74, 6) is 0. The highest BCUT2D eigenvalue weighted by Crippen LogP contribution is 2.21. The lowest BCUT2D eigenvalue weighted by Crippen LogP contribution is -2.28. The van der Waals surface area contributed by atoms with Crippen molar-refractivity contribution >= 4 is 5.57 Å². The maximum absolute atomic E-state index is 3.72. The molecular weight excluding hydrogens is 314 g/mol. The van der Waals surface area contributed by atoms with E-state index in [1.165, 1.54) is 11.1 Å². The van der Waals surface area contributed by atoms with Gasteiger partial charge in [0.1, 0.15) is 0 Å². The van der Waals surface area contributed by atoms with Crippen LogP contribution in [0.3, 0.4) is 0 Å². The number of rotatable bonds is 7. The van der Waals surface area contributed by atoms with Crippen LogP contribution in [0.5, 0.6) is 0 Å². The third kappa shape index (κ3) is 7.96. The van der Waals surface area contributed by atoms with Gasteiger partial charge in [0.15, 0.2) is 0 Å². The van der Waals surface area contributed by atoms with Gasteiger partial charge >= 0.3 is 0 Å². The maximum atomic E-state index is 3.72. The number of allylic oxidation sites excluding steroid dienone is 4. The Labute approximate surface area is 158 Å². The molecule has 0 aromatic heterocycles. The number of unbranched alkanes of at least 4 members (excludes halogenated alkanes) is 1. The molecule has 0 amide bonds. The molecule has 1 N–H and O–H groups in total. The minimum absolute atomic E-state index is 0.430. The molecule has 2 aromatic carbocycles. The molecule has 1 atom stereocenters. The fraction of sp³-hybridized carbons (Fsp3) is 0.200. The molecule has 0 radical (unpaired) electrons. The lowest BCUT2D eigenvalue weighted by atomic mass is 9.97. The summed E-state index contributed by atoms with van der Waals surface area (Å²) in [6.45, 7) is 4.65. The Morgan fingerprint density at radius 2 is 1.54 bits per heavy atom. The van der Waals surface area contributed by atoms with E-state index in [-0.39, 0.29) is 0 Å². The molecule has 1 aliphatic rings. The Hall–Kier alpha value is -2.64. The average molecular weight is 344 g/mol. The van der Waals surface area contributed by atoms with Gasteiger partial charge in [0.2, 0.25) is 0 Å². The first-order chi connectivity index (χ1) is 12.9. The van der Waals surface area contributed by atoms with Gasteiger partial charge in [0.25, 0.3) is 0 Å². The van der Waals surface area contributed by atoms with E-state index in [9.17, 15) is 0 Å². The number of hydrogen-bond acceptors (Lipinski definition) is 1. The quantitative estimate of drug-likeness (QED) is 0.466. The first kappa shape index (κ1) is 19.7. The summed E-state index contributed by atoms with van der Waals surface area (Å²) in [5, 5.41) is 3.56. The van der Waals surface area contributed by atoms with Gasteiger partial charge in [-0.1, -0.05) is 103 Å². The Morgan fingerprint density at radius 1 is 0.885 bits per heavy atom. The minimum Gasteiger partial charge on any atom is -0.307 e. The van der Waals surface area contributed by atoms with Gasteiger partial charge in [-0.15, -0.1) is 6.58 Å². The van der Waals surface area contributed by atoms with Gasteiger partial charge in [-0.2, -0.15) is 0 Å².